The molecule has 0 saturated heterocycles. The third-order valence-corrected chi connectivity index (χ3v) is 6.26. The zero-order valence-corrected chi connectivity index (χ0v) is 17.0. The van der Waals surface area contributed by atoms with Crippen LogP contribution in [0.25, 0.3) is 5.70 Å². The van der Waals surface area contributed by atoms with Crippen LogP contribution in [0.1, 0.15) is 37.5 Å². The van der Waals surface area contributed by atoms with Gasteiger partial charge in [0.15, 0.2) is 0 Å². The van der Waals surface area contributed by atoms with Crippen LogP contribution >= 0.6 is 0 Å². The predicted octanol–water partition coefficient (Wildman–Crippen LogP) is 5.41. The van der Waals surface area contributed by atoms with Gasteiger partial charge in [-0.15, -0.1) is 0 Å². The Morgan fingerprint density at radius 2 is 1.44 bits per heavy atom. The highest BCUT2D eigenvalue weighted by Crippen LogP contribution is 2.30. The smallest absolute Gasteiger partial charge is 0.241 e. The Balaban J connectivity index is 2.05. The Labute approximate surface area is 162 Å². The molecule has 27 heavy (non-hydrogen) atoms. The summed E-state index contributed by atoms with van der Waals surface area (Å²) >= 11 is 0. The monoisotopic (exact) mass is 379 g/mol. The lowest BCUT2D eigenvalue weighted by molar-refractivity contribution is 0.558. The van der Waals surface area contributed by atoms with Gasteiger partial charge in [-0.2, -0.15) is 0 Å². The fourth-order valence-electron chi connectivity index (χ4n) is 2.89. The predicted molar refractivity (Wildman–Crippen MR) is 112 cm³/mol. The van der Waals surface area contributed by atoms with Crippen LogP contribution in [-0.4, -0.2) is 12.7 Å². The zero-order chi connectivity index (χ0) is 19.7. The SMILES string of the molecule is Cc1ccc(S(=O)(=O)N2C=CC=CC=C2c2ccc(C(C)(C)C)cc2)cc1. The highest BCUT2D eigenvalue weighted by atomic mass is 32.2. The van der Waals surface area contributed by atoms with E-state index in [0.717, 1.165) is 11.1 Å². The number of hydrogen-bond donors (Lipinski definition) is 0. The summed E-state index contributed by atoms with van der Waals surface area (Å²) in [5, 5.41) is 0. The Hall–Kier alpha value is -2.59. The maximum absolute atomic E-state index is 13.3. The third-order valence-electron chi connectivity index (χ3n) is 4.56. The molecule has 1 aliphatic rings. The molecule has 1 aliphatic heterocycles. The first-order valence-corrected chi connectivity index (χ1v) is 10.4. The highest BCUT2D eigenvalue weighted by Gasteiger charge is 2.26. The van der Waals surface area contributed by atoms with Gasteiger partial charge in [-0.05, 0) is 47.8 Å². The molecule has 0 amide bonds. The molecule has 1 heterocycles. The standard InChI is InChI=1S/C23H25NO2S/c1-18-9-15-21(16-10-18)27(25,26)24-17-7-5-6-8-22(24)19-11-13-20(14-12-19)23(2,3)4/h5-17H,1-4H3. The van der Waals surface area contributed by atoms with Crippen LogP contribution in [0.15, 0.2) is 83.9 Å². The number of allylic oxidation sites excluding steroid dienone is 4. The second kappa shape index (κ2) is 7.20. The Morgan fingerprint density at radius 3 is 2.04 bits per heavy atom. The molecular weight excluding hydrogens is 354 g/mol. The van der Waals surface area contributed by atoms with Crippen LogP contribution in [0.4, 0.5) is 0 Å². The van der Waals surface area contributed by atoms with E-state index in [0.29, 0.717) is 5.70 Å². The summed E-state index contributed by atoms with van der Waals surface area (Å²) in [5.74, 6) is 0. The van der Waals surface area contributed by atoms with Crippen LogP contribution in [0.3, 0.4) is 0 Å². The third kappa shape index (κ3) is 4.06. The molecule has 0 spiro atoms. The van der Waals surface area contributed by atoms with Gasteiger partial charge in [-0.1, -0.05) is 74.9 Å². The first kappa shape index (κ1) is 19.2. The molecule has 4 heteroatoms. The molecule has 0 bridgehead atoms. The van der Waals surface area contributed by atoms with Crippen molar-refractivity contribution < 1.29 is 8.42 Å². The first-order chi connectivity index (χ1) is 12.7. The minimum atomic E-state index is -3.70. The zero-order valence-electron chi connectivity index (χ0n) is 16.2. The molecule has 2 aromatic carbocycles. The molecule has 0 N–H and O–H groups in total. The summed E-state index contributed by atoms with van der Waals surface area (Å²) in [4.78, 5) is 0.275. The lowest BCUT2D eigenvalue weighted by Gasteiger charge is -2.24. The van der Waals surface area contributed by atoms with Gasteiger partial charge >= 0.3 is 0 Å². The molecule has 3 rings (SSSR count). The van der Waals surface area contributed by atoms with Crippen molar-refractivity contribution in [1.29, 1.82) is 0 Å². The Bertz CT molecular complexity index is 1000. The van der Waals surface area contributed by atoms with E-state index in [9.17, 15) is 8.42 Å². The van der Waals surface area contributed by atoms with Crippen molar-refractivity contribution in [2.24, 2.45) is 0 Å². The number of hydrogen-bond acceptors (Lipinski definition) is 2. The molecule has 3 nitrogen and oxygen atoms in total. The summed E-state index contributed by atoms with van der Waals surface area (Å²) in [6.07, 6.45) is 8.85. The minimum absolute atomic E-state index is 0.0455. The van der Waals surface area contributed by atoms with Crippen LogP contribution in [0, 0.1) is 6.92 Å². The van der Waals surface area contributed by atoms with Crippen molar-refractivity contribution in [2.75, 3.05) is 0 Å². The second-order valence-corrected chi connectivity index (χ2v) is 9.53. The van der Waals surface area contributed by atoms with Crippen molar-refractivity contribution in [3.05, 3.63) is 95.7 Å². The van der Waals surface area contributed by atoms with Crippen molar-refractivity contribution in [1.82, 2.24) is 4.31 Å². The van der Waals surface area contributed by atoms with E-state index in [-0.39, 0.29) is 10.3 Å². The van der Waals surface area contributed by atoms with Gasteiger partial charge in [0.2, 0.25) is 0 Å². The maximum Gasteiger partial charge on any atom is 0.268 e. The van der Waals surface area contributed by atoms with E-state index in [1.807, 2.05) is 49.4 Å². The Kier molecular flexibility index (Phi) is 5.11. The van der Waals surface area contributed by atoms with Gasteiger partial charge in [0.1, 0.15) is 0 Å². The lowest BCUT2D eigenvalue weighted by Crippen LogP contribution is -2.24. The number of aryl methyl sites for hydroxylation is 1. The first-order valence-electron chi connectivity index (χ1n) is 8.97. The molecule has 2 aromatic rings. The van der Waals surface area contributed by atoms with E-state index in [1.54, 1.807) is 24.4 Å². The molecule has 0 aliphatic carbocycles. The summed E-state index contributed by atoms with van der Waals surface area (Å²) in [7, 11) is -3.70. The van der Waals surface area contributed by atoms with Gasteiger partial charge in [0.25, 0.3) is 10.0 Å². The molecule has 0 saturated carbocycles. The molecular formula is C23H25NO2S. The van der Waals surface area contributed by atoms with E-state index < -0.39 is 10.0 Å². The van der Waals surface area contributed by atoms with Gasteiger partial charge < -0.3 is 0 Å². The molecule has 0 atom stereocenters. The fraction of sp³-hybridized carbons (Fsp3) is 0.217. The number of nitrogens with zero attached hydrogens (tertiary/aromatic N) is 1. The fourth-order valence-corrected chi connectivity index (χ4v) is 4.25. The van der Waals surface area contributed by atoms with Crippen molar-refractivity contribution >= 4 is 15.7 Å². The van der Waals surface area contributed by atoms with Crippen molar-refractivity contribution in [2.45, 2.75) is 38.0 Å². The summed E-state index contributed by atoms with van der Waals surface area (Å²) in [6, 6.07) is 15.0. The molecule has 0 radical (unpaired) electrons. The van der Waals surface area contributed by atoms with Gasteiger partial charge in [0, 0.05) is 6.20 Å². The highest BCUT2D eigenvalue weighted by molar-refractivity contribution is 7.89. The minimum Gasteiger partial charge on any atom is -0.241 e. The largest absolute Gasteiger partial charge is 0.268 e. The van der Waals surface area contributed by atoms with Crippen molar-refractivity contribution in [3.8, 4) is 0 Å². The summed E-state index contributed by atoms with van der Waals surface area (Å²) in [6.45, 7) is 8.42. The van der Waals surface area contributed by atoms with Crippen LogP contribution in [-0.2, 0) is 15.4 Å². The second-order valence-electron chi connectivity index (χ2n) is 7.72. The summed E-state index contributed by atoms with van der Waals surface area (Å²) < 4.78 is 27.9. The molecule has 0 unspecified atom stereocenters. The molecule has 140 valence electrons. The lowest BCUT2D eigenvalue weighted by atomic mass is 9.86. The quantitative estimate of drug-likeness (QED) is 0.715. The van der Waals surface area contributed by atoms with Gasteiger partial charge in [-0.25, -0.2) is 12.7 Å². The Morgan fingerprint density at radius 1 is 0.815 bits per heavy atom. The van der Waals surface area contributed by atoms with Gasteiger partial charge in [-0.3, -0.25) is 0 Å². The summed E-state index contributed by atoms with van der Waals surface area (Å²) in [5.41, 5.74) is 3.76. The molecule has 0 aromatic heterocycles. The average Bonchev–Trinajstić information content (AvgIpc) is 2.88. The number of rotatable bonds is 3. The van der Waals surface area contributed by atoms with E-state index in [2.05, 4.69) is 32.9 Å². The van der Waals surface area contributed by atoms with E-state index in [4.69, 9.17) is 0 Å². The normalized spacial score (nSPS) is 14.8. The van der Waals surface area contributed by atoms with E-state index in [1.165, 1.54) is 9.87 Å². The van der Waals surface area contributed by atoms with Crippen molar-refractivity contribution in [3.63, 3.8) is 0 Å². The number of sulfonamides is 1. The maximum atomic E-state index is 13.3. The topological polar surface area (TPSA) is 37.4 Å². The average molecular weight is 380 g/mol. The number of benzene rings is 2. The van der Waals surface area contributed by atoms with Crippen LogP contribution in [0.2, 0.25) is 0 Å². The van der Waals surface area contributed by atoms with Crippen LogP contribution in [0.5, 0.6) is 0 Å². The molecule has 0 fully saturated rings. The van der Waals surface area contributed by atoms with E-state index >= 15 is 0 Å². The van der Waals surface area contributed by atoms with Gasteiger partial charge in [0.05, 0.1) is 10.6 Å². The van der Waals surface area contributed by atoms with Crippen LogP contribution < -0.4 is 0 Å².